The minimum Gasteiger partial charge on any atom is -0.309 e. The summed E-state index contributed by atoms with van der Waals surface area (Å²) < 4.78 is 0. The van der Waals surface area contributed by atoms with Crippen LogP contribution in [0.25, 0.3) is 0 Å². The van der Waals surface area contributed by atoms with Crippen LogP contribution in [0.4, 0.5) is 0 Å². The van der Waals surface area contributed by atoms with Crippen molar-refractivity contribution in [2.45, 2.75) is 32.2 Å². The van der Waals surface area contributed by atoms with Gasteiger partial charge in [0.1, 0.15) is 0 Å². The van der Waals surface area contributed by atoms with Crippen LogP contribution in [0.15, 0.2) is 48.5 Å². The van der Waals surface area contributed by atoms with Crippen molar-refractivity contribution in [1.82, 2.24) is 5.32 Å². The third-order valence-electron chi connectivity index (χ3n) is 3.58. The van der Waals surface area contributed by atoms with Gasteiger partial charge in [0, 0.05) is 5.02 Å². The molecule has 0 aliphatic heterocycles. The second-order valence-electron chi connectivity index (χ2n) is 6.15. The average Bonchev–Trinajstić information content (AvgIpc) is 2.39. The Bertz CT molecular complexity index is 567. The standard InChI is InChI=1S/C18H22ClN/c1-18(2,3)15-10-8-13(9-11-15)17(20-4)14-6-5-7-16(19)12-14/h5-12,17,20H,1-4H3. The van der Waals surface area contributed by atoms with E-state index < -0.39 is 0 Å². The predicted molar refractivity (Wildman–Crippen MR) is 87.5 cm³/mol. The molecular formula is C18H22ClN. The molecule has 0 spiro atoms. The molecule has 0 saturated carbocycles. The largest absolute Gasteiger partial charge is 0.309 e. The van der Waals surface area contributed by atoms with E-state index in [9.17, 15) is 0 Å². The first-order valence-corrected chi connectivity index (χ1v) is 7.33. The lowest BCUT2D eigenvalue weighted by atomic mass is 9.86. The summed E-state index contributed by atoms with van der Waals surface area (Å²) in [7, 11) is 1.98. The van der Waals surface area contributed by atoms with Crippen LogP contribution in [0.3, 0.4) is 0 Å². The van der Waals surface area contributed by atoms with Crippen LogP contribution >= 0.6 is 11.6 Å². The highest BCUT2D eigenvalue weighted by Gasteiger charge is 2.16. The monoisotopic (exact) mass is 287 g/mol. The topological polar surface area (TPSA) is 12.0 Å². The van der Waals surface area contributed by atoms with E-state index in [4.69, 9.17) is 11.6 Å². The normalized spacial score (nSPS) is 13.2. The van der Waals surface area contributed by atoms with Crippen molar-refractivity contribution in [3.8, 4) is 0 Å². The van der Waals surface area contributed by atoms with Crippen molar-refractivity contribution in [3.05, 3.63) is 70.2 Å². The van der Waals surface area contributed by atoms with Gasteiger partial charge in [-0.2, -0.15) is 0 Å². The van der Waals surface area contributed by atoms with E-state index in [2.05, 4.69) is 56.4 Å². The molecule has 1 unspecified atom stereocenters. The van der Waals surface area contributed by atoms with Gasteiger partial charge in [-0.05, 0) is 41.3 Å². The summed E-state index contributed by atoms with van der Waals surface area (Å²) in [6, 6.07) is 17.0. The number of hydrogen-bond donors (Lipinski definition) is 1. The number of hydrogen-bond acceptors (Lipinski definition) is 1. The molecule has 0 bridgehead atoms. The highest BCUT2D eigenvalue weighted by Crippen LogP contribution is 2.27. The summed E-state index contributed by atoms with van der Waals surface area (Å²) in [5.41, 5.74) is 3.97. The fourth-order valence-electron chi connectivity index (χ4n) is 2.39. The second-order valence-corrected chi connectivity index (χ2v) is 6.59. The smallest absolute Gasteiger partial charge is 0.0574 e. The highest BCUT2D eigenvalue weighted by atomic mass is 35.5. The molecule has 1 atom stereocenters. The molecule has 0 radical (unpaired) electrons. The first kappa shape index (κ1) is 15.1. The van der Waals surface area contributed by atoms with E-state index >= 15 is 0 Å². The molecule has 2 aromatic rings. The molecule has 2 aromatic carbocycles. The van der Waals surface area contributed by atoms with Crippen molar-refractivity contribution in [2.75, 3.05) is 7.05 Å². The van der Waals surface area contributed by atoms with E-state index in [1.807, 2.05) is 25.2 Å². The lowest BCUT2D eigenvalue weighted by Crippen LogP contribution is -2.18. The molecule has 0 amide bonds. The van der Waals surface area contributed by atoms with Gasteiger partial charge in [-0.15, -0.1) is 0 Å². The van der Waals surface area contributed by atoms with Gasteiger partial charge >= 0.3 is 0 Å². The van der Waals surface area contributed by atoms with Crippen LogP contribution < -0.4 is 5.32 Å². The number of benzene rings is 2. The fourth-order valence-corrected chi connectivity index (χ4v) is 2.59. The minimum atomic E-state index is 0.169. The molecule has 0 aromatic heterocycles. The Hall–Kier alpha value is -1.31. The molecule has 20 heavy (non-hydrogen) atoms. The molecule has 106 valence electrons. The first-order chi connectivity index (χ1) is 9.41. The van der Waals surface area contributed by atoms with Crippen molar-refractivity contribution >= 4 is 11.6 Å². The number of halogens is 1. The zero-order chi connectivity index (χ0) is 14.8. The lowest BCUT2D eigenvalue weighted by molar-refractivity contribution is 0.589. The van der Waals surface area contributed by atoms with Gasteiger partial charge < -0.3 is 5.32 Å². The molecular weight excluding hydrogens is 266 g/mol. The molecule has 0 aliphatic carbocycles. The zero-order valence-corrected chi connectivity index (χ0v) is 13.3. The van der Waals surface area contributed by atoms with E-state index in [1.165, 1.54) is 16.7 Å². The van der Waals surface area contributed by atoms with E-state index in [-0.39, 0.29) is 11.5 Å². The molecule has 2 rings (SSSR count). The second kappa shape index (κ2) is 5.99. The van der Waals surface area contributed by atoms with Crippen LogP contribution in [-0.4, -0.2) is 7.05 Å². The summed E-state index contributed by atoms with van der Waals surface area (Å²) in [4.78, 5) is 0. The predicted octanol–water partition coefficient (Wildman–Crippen LogP) is 4.95. The quantitative estimate of drug-likeness (QED) is 0.842. The van der Waals surface area contributed by atoms with Crippen LogP contribution in [0.1, 0.15) is 43.5 Å². The summed E-state index contributed by atoms with van der Waals surface area (Å²) in [5, 5.41) is 4.13. The van der Waals surface area contributed by atoms with Crippen molar-refractivity contribution < 1.29 is 0 Å². The van der Waals surface area contributed by atoms with E-state index in [1.54, 1.807) is 0 Å². The molecule has 0 fully saturated rings. The maximum Gasteiger partial charge on any atom is 0.0574 e. The third kappa shape index (κ3) is 3.41. The average molecular weight is 288 g/mol. The Balaban J connectivity index is 2.33. The molecule has 1 N–H and O–H groups in total. The Morgan fingerprint density at radius 3 is 2.10 bits per heavy atom. The Kier molecular flexibility index (Phi) is 4.52. The van der Waals surface area contributed by atoms with Gasteiger partial charge in [0.25, 0.3) is 0 Å². The minimum absolute atomic E-state index is 0.169. The Morgan fingerprint density at radius 2 is 1.60 bits per heavy atom. The van der Waals surface area contributed by atoms with Crippen LogP contribution in [0, 0.1) is 0 Å². The molecule has 0 aliphatic rings. The van der Waals surface area contributed by atoms with E-state index in [0.717, 1.165) is 5.02 Å². The van der Waals surface area contributed by atoms with Crippen LogP contribution in [0.2, 0.25) is 5.02 Å². The maximum absolute atomic E-state index is 6.09. The number of nitrogens with one attached hydrogen (secondary N) is 1. The van der Waals surface area contributed by atoms with Crippen molar-refractivity contribution in [3.63, 3.8) is 0 Å². The van der Waals surface area contributed by atoms with Gasteiger partial charge in [-0.25, -0.2) is 0 Å². The van der Waals surface area contributed by atoms with Gasteiger partial charge in [-0.1, -0.05) is 68.8 Å². The fraction of sp³-hybridized carbons (Fsp3) is 0.333. The first-order valence-electron chi connectivity index (χ1n) is 6.95. The molecule has 2 heteroatoms. The maximum atomic E-state index is 6.09. The number of rotatable bonds is 3. The zero-order valence-electron chi connectivity index (χ0n) is 12.6. The van der Waals surface area contributed by atoms with E-state index in [0.29, 0.717) is 0 Å². The molecule has 0 heterocycles. The highest BCUT2D eigenvalue weighted by molar-refractivity contribution is 6.30. The van der Waals surface area contributed by atoms with Crippen molar-refractivity contribution in [1.29, 1.82) is 0 Å². The van der Waals surface area contributed by atoms with Crippen LogP contribution in [-0.2, 0) is 5.41 Å². The lowest BCUT2D eigenvalue weighted by Gasteiger charge is -2.22. The molecule has 0 saturated heterocycles. The van der Waals surface area contributed by atoms with Gasteiger partial charge in [0.05, 0.1) is 6.04 Å². The summed E-state index contributed by atoms with van der Waals surface area (Å²) >= 11 is 6.09. The van der Waals surface area contributed by atoms with Crippen LogP contribution in [0.5, 0.6) is 0 Å². The molecule has 1 nitrogen and oxygen atoms in total. The summed E-state index contributed by atoms with van der Waals surface area (Å²) in [6.07, 6.45) is 0. The Morgan fingerprint density at radius 1 is 0.950 bits per heavy atom. The SMILES string of the molecule is CNC(c1ccc(C(C)(C)C)cc1)c1cccc(Cl)c1. The summed E-state index contributed by atoms with van der Waals surface area (Å²) in [6.45, 7) is 6.69. The van der Waals surface area contributed by atoms with Gasteiger partial charge in [-0.3, -0.25) is 0 Å². The summed E-state index contributed by atoms with van der Waals surface area (Å²) in [5.74, 6) is 0. The van der Waals surface area contributed by atoms with Gasteiger partial charge in [0.15, 0.2) is 0 Å². The third-order valence-corrected chi connectivity index (χ3v) is 3.82. The Labute approximate surface area is 127 Å². The van der Waals surface area contributed by atoms with Crippen molar-refractivity contribution in [2.24, 2.45) is 0 Å². The van der Waals surface area contributed by atoms with Gasteiger partial charge in [0.2, 0.25) is 0 Å².